The first-order valence-corrected chi connectivity index (χ1v) is 5.40. The van der Waals surface area contributed by atoms with Gasteiger partial charge in [0.05, 0.1) is 0 Å². The number of rotatable bonds is 2. The molecule has 1 N–H and O–H groups in total. The maximum atomic E-state index is 10.2. The summed E-state index contributed by atoms with van der Waals surface area (Å²) in [6.07, 6.45) is 0. The van der Waals surface area contributed by atoms with Gasteiger partial charge in [-0.15, -0.1) is 0 Å². The van der Waals surface area contributed by atoms with Crippen LogP contribution in [0.4, 0.5) is 0 Å². The van der Waals surface area contributed by atoms with E-state index >= 15 is 0 Å². The molecule has 1 unspecified atom stereocenters. The standard InChI is InChI=1S/C6H7AsO3/c8-7(9)10-6-4-2-1-3-5-6/h1-5,7H,(H,8,9). The summed E-state index contributed by atoms with van der Waals surface area (Å²) < 4.78 is 23.2. The molecule has 0 aliphatic rings. The van der Waals surface area contributed by atoms with Gasteiger partial charge in [0.25, 0.3) is 0 Å². The molecule has 4 heteroatoms. The second-order valence-corrected chi connectivity index (χ2v) is 3.23. The molecule has 3 nitrogen and oxygen atoms in total. The Balaban J connectivity index is 2.67. The summed E-state index contributed by atoms with van der Waals surface area (Å²) in [5.41, 5.74) is 0. The Morgan fingerprint density at radius 3 is 2.40 bits per heavy atom. The zero-order valence-electron chi connectivity index (χ0n) is 5.15. The van der Waals surface area contributed by atoms with E-state index in [1.54, 1.807) is 24.3 Å². The van der Waals surface area contributed by atoms with Crippen molar-refractivity contribution >= 4 is 15.3 Å². The van der Waals surface area contributed by atoms with Crippen LogP contribution in [0.25, 0.3) is 0 Å². The second-order valence-electron chi connectivity index (χ2n) is 1.68. The Kier molecular flexibility index (Phi) is 2.60. The van der Waals surface area contributed by atoms with Crippen molar-refractivity contribution in [3.63, 3.8) is 0 Å². The number of hydrogen-bond acceptors (Lipinski definition) is 2. The minimum atomic E-state index is -3.38. The zero-order chi connectivity index (χ0) is 7.40. The molecule has 0 spiro atoms. The van der Waals surface area contributed by atoms with Crippen LogP contribution in [-0.2, 0) is 3.74 Å². The predicted octanol–water partition coefficient (Wildman–Crippen LogP) is 0.205. The number of para-hydroxylation sites is 1. The van der Waals surface area contributed by atoms with Crippen LogP contribution in [-0.4, -0.2) is 19.4 Å². The van der Waals surface area contributed by atoms with E-state index in [2.05, 4.69) is 3.73 Å². The first kappa shape index (κ1) is 7.45. The molecule has 0 amide bonds. The van der Waals surface area contributed by atoms with Gasteiger partial charge in [0, 0.05) is 0 Å². The molecule has 0 saturated heterocycles. The number of benzene rings is 1. The Bertz CT molecular complexity index is 222. The van der Waals surface area contributed by atoms with Crippen molar-refractivity contribution in [1.82, 2.24) is 0 Å². The molecule has 0 fully saturated rings. The molecule has 0 aliphatic carbocycles. The van der Waals surface area contributed by atoms with E-state index in [-0.39, 0.29) is 0 Å². The summed E-state index contributed by atoms with van der Waals surface area (Å²) in [5.74, 6) is 0.454. The average molecular weight is 202 g/mol. The maximum absolute atomic E-state index is 10.2. The Morgan fingerprint density at radius 2 is 1.90 bits per heavy atom. The van der Waals surface area contributed by atoms with Gasteiger partial charge in [-0.1, -0.05) is 0 Å². The molecule has 10 heavy (non-hydrogen) atoms. The van der Waals surface area contributed by atoms with E-state index in [0.29, 0.717) is 5.75 Å². The molecular weight excluding hydrogens is 195 g/mol. The van der Waals surface area contributed by atoms with Crippen molar-refractivity contribution in [3.05, 3.63) is 30.3 Å². The van der Waals surface area contributed by atoms with Crippen molar-refractivity contribution in [2.45, 2.75) is 0 Å². The topological polar surface area (TPSA) is 46.5 Å². The first-order chi connectivity index (χ1) is 4.79. The Morgan fingerprint density at radius 1 is 1.30 bits per heavy atom. The fraction of sp³-hybridized carbons (Fsp3) is 0. The van der Waals surface area contributed by atoms with Crippen molar-refractivity contribution in [1.29, 1.82) is 0 Å². The van der Waals surface area contributed by atoms with Gasteiger partial charge in [0.1, 0.15) is 0 Å². The van der Waals surface area contributed by atoms with Crippen molar-refractivity contribution < 1.29 is 11.6 Å². The third-order valence-electron chi connectivity index (χ3n) is 0.948. The quantitative estimate of drug-likeness (QED) is 0.697. The van der Waals surface area contributed by atoms with Gasteiger partial charge in [0.2, 0.25) is 0 Å². The van der Waals surface area contributed by atoms with Crippen LogP contribution in [0.15, 0.2) is 30.3 Å². The monoisotopic (exact) mass is 202 g/mol. The number of hydrogen-bond donors (Lipinski definition) is 1. The van der Waals surface area contributed by atoms with Gasteiger partial charge in [-0.25, -0.2) is 0 Å². The fourth-order valence-corrected chi connectivity index (χ4v) is 1.30. The molecule has 0 heterocycles. The van der Waals surface area contributed by atoms with Crippen LogP contribution in [0.2, 0.25) is 0 Å². The van der Waals surface area contributed by atoms with Gasteiger partial charge < -0.3 is 0 Å². The molecule has 0 aliphatic heterocycles. The summed E-state index contributed by atoms with van der Waals surface area (Å²) in [6, 6.07) is 8.59. The molecule has 0 aromatic heterocycles. The SMILES string of the molecule is O=[AsH](O)Oc1ccccc1. The minimum absolute atomic E-state index is 0.454. The van der Waals surface area contributed by atoms with Crippen molar-refractivity contribution in [2.75, 3.05) is 0 Å². The summed E-state index contributed by atoms with van der Waals surface area (Å²) in [5, 5.41) is 0. The second kappa shape index (κ2) is 3.49. The van der Waals surface area contributed by atoms with E-state index in [4.69, 9.17) is 4.10 Å². The predicted molar refractivity (Wildman–Crippen MR) is 37.1 cm³/mol. The van der Waals surface area contributed by atoms with E-state index in [1.165, 1.54) is 0 Å². The molecule has 0 bridgehead atoms. The molecule has 0 saturated carbocycles. The van der Waals surface area contributed by atoms with E-state index in [0.717, 1.165) is 0 Å². The molecule has 1 aromatic carbocycles. The normalized spacial score (nSPS) is 12.5. The van der Waals surface area contributed by atoms with Crippen LogP contribution in [0.3, 0.4) is 0 Å². The van der Waals surface area contributed by atoms with E-state index in [9.17, 15) is 3.74 Å². The summed E-state index contributed by atoms with van der Waals surface area (Å²) in [7, 11) is 0. The van der Waals surface area contributed by atoms with E-state index < -0.39 is 15.3 Å². The Hall–Kier alpha value is -0.662. The Labute approximate surface area is 63.4 Å². The van der Waals surface area contributed by atoms with Crippen LogP contribution in [0.1, 0.15) is 0 Å². The van der Waals surface area contributed by atoms with Crippen LogP contribution >= 0.6 is 0 Å². The zero-order valence-corrected chi connectivity index (χ0v) is 7.25. The molecule has 1 rings (SSSR count). The first-order valence-electron chi connectivity index (χ1n) is 2.75. The van der Waals surface area contributed by atoms with Crippen LogP contribution < -0.4 is 3.73 Å². The summed E-state index contributed by atoms with van der Waals surface area (Å²) in [6.45, 7) is 0. The van der Waals surface area contributed by atoms with Gasteiger partial charge >= 0.3 is 62.9 Å². The van der Waals surface area contributed by atoms with Crippen molar-refractivity contribution in [2.24, 2.45) is 0 Å². The van der Waals surface area contributed by atoms with Crippen LogP contribution in [0, 0.1) is 0 Å². The third-order valence-corrected chi connectivity index (χ3v) is 1.81. The molecule has 1 atom stereocenters. The van der Waals surface area contributed by atoms with E-state index in [1.807, 2.05) is 6.07 Å². The van der Waals surface area contributed by atoms with Gasteiger partial charge in [-0.05, 0) is 0 Å². The molecular formula is C6H7AsO3. The van der Waals surface area contributed by atoms with Crippen LogP contribution in [0.5, 0.6) is 5.75 Å². The molecule has 1 aromatic rings. The average Bonchev–Trinajstić information content (AvgIpc) is 1.88. The van der Waals surface area contributed by atoms with Gasteiger partial charge in [-0.3, -0.25) is 0 Å². The summed E-state index contributed by atoms with van der Waals surface area (Å²) >= 11 is -3.38. The van der Waals surface area contributed by atoms with Crippen molar-refractivity contribution in [3.8, 4) is 5.75 Å². The molecule has 0 radical (unpaired) electrons. The molecule has 54 valence electrons. The van der Waals surface area contributed by atoms with Gasteiger partial charge in [0.15, 0.2) is 0 Å². The van der Waals surface area contributed by atoms with Gasteiger partial charge in [-0.2, -0.15) is 0 Å². The summed E-state index contributed by atoms with van der Waals surface area (Å²) in [4.78, 5) is 0. The fourth-order valence-electron chi connectivity index (χ4n) is 0.589. The third kappa shape index (κ3) is 2.29.